The van der Waals surface area contributed by atoms with Gasteiger partial charge in [-0.05, 0) is 48.8 Å². The highest BCUT2D eigenvalue weighted by atomic mass is 79.9. The molecule has 1 heterocycles. The zero-order chi connectivity index (χ0) is 17.2. The number of hydrogen-bond donors (Lipinski definition) is 0. The minimum Gasteiger partial charge on any atom is -0.444 e. The summed E-state index contributed by atoms with van der Waals surface area (Å²) in [5.41, 5.74) is 0.0866. The van der Waals surface area contributed by atoms with Crippen molar-refractivity contribution >= 4 is 33.4 Å². The van der Waals surface area contributed by atoms with Gasteiger partial charge in [0.2, 0.25) is 0 Å². The van der Waals surface area contributed by atoms with Crippen LogP contribution in [0.4, 0.5) is 16.2 Å². The number of nitro groups is 1. The van der Waals surface area contributed by atoms with Crippen LogP contribution in [0.1, 0.15) is 20.8 Å². The molecule has 1 aliphatic rings. The van der Waals surface area contributed by atoms with Crippen LogP contribution in [0.3, 0.4) is 0 Å². The van der Waals surface area contributed by atoms with Crippen molar-refractivity contribution < 1.29 is 14.5 Å². The lowest BCUT2D eigenvalue weighted by atomic mass is 10.2. The van der Waals surface area contributed by atoms with Crippen LogP contribution in [0.25, 0.3) is 0 Å². The molecule has 1 amide bonds. The smallest absolute Gasteiger partial charge is 0.410 e. The van der Waals surface area contributed by atoms with E-state index in [9.17, 15) is 14.9 Å². The normalized spacial score (nSPS) is 15.5. The van der Waals surface area contributed by atoms with Gasteiger partial charge in [-0.15, -0.1) is 0 Å². The molecule has 1 aromatic carbocycles. The first-order chi connectivity index (χ1) is 10.7. The number of carbonyl (C=O) groups is 1. The predicted octanol–water partition coefficient (Wildman–Crippen LogP) is 3.41. The number of piperazine rings is 1. The van der Waals surface area contributed by atoms with Crippen LogP contribution in [0.5, 0.6) is 0 Å². The van der Waals surface area contributed by atoms with E-state index in [2.05, 4.69) is 15.9 Å². The minimum absolute atomic E-state index is 0.0539. The molecule has 0 bridgehead atoms. The summed E-state index contributed by atoms with van der Waals surface area (Å²) in [4.78, 5) is 26.5. The van der Waals surface area contributed by atoms with Crippen LogP contribution >= 0.6 is 15.9 Å². The molecule has 0 N–H and O–H groups in total. The molecule has 1 saturated heterocycles. The average molecular weight is 386 g/mol. The van der Waals surface area contributed by atoms with E-state index < -0.39 is 5.60 Å². The summed E-state index contributed by atoms with van der Waals surface area (Å²) in [7, 11) is 0. The fraction of sp³-hybridized carbons (Fsp3) is 0.533. The SMILES string of the molecule is CC(C)(C)OC(=O)N1CCN(c2cccc(Br)c2[N+](=O)[O-])CC1. The molecule has 23 heavy (non-hydrogen) atoms. The van der Waals surface area contributed by atoms with Gasteiger partial charge < -0.3 is 14.5 Å². The van der Waals surface area contributed by atoms with E-state index in [1.165, 1.54) is 0 Å². The second-order valence-corrected chi connectivity index (χ2v) is 7.17. The first kappa shape index (κ1) is 17.5. The Labute approximate surface area is 143 Å². The molecular formula is C15H20BrN3O4. The van der Waals surface area contributed by atoms with Gasteiger partial charge in [0.1, 0.15) is 11.3 Å². The number of carbonyl (C=O) groups excluding carboxylic acids is 1. The largest absolute Gasteiger partial charge is 0.444 e. The zero-order valence-electron chi connectivity index (χ0n) is 13.4. The predicted molar refractivity (Wildman–Crippen MR) is 90.8 cm³/mol. The fourth-order valence-electron chi connectivity index (χ4n) is 2.40. The van der Waals surface area contributed by atoms with E-state index in [4.69, 9.17) is 4.74 Å². The van der Waals surface area contributed by atoms with Crippen LogP contribution in [-0.2, 0) is 4.74 Å². The van der Waals surface area contributed by atoms with Gasteiger partial charge in [-0.25, -0.2) is 4.79 Å². The minimum atomic E-state index is -0.530. The summed E-state index contributed by atoms with van der Waals surface area (Å²) in [6, 6.07) is 5.15. The summed E-state index contributed by atoms with van der Waals surface area (Å²) in [6.07, 6.45) is -0.346. The third-order valence-electron chi connectivity index (χ3n) is 3.42. The topological polar surface area (TPSA) is 75.9 Å². The van der Waals surface area contributed by atoms with E-state index in [0.717, 1.165) is 0 Å². The Morgan fingerprint density at radius 3 is 2.39 bits per heavy atom. The third kappa shape index (κ3) is 4.34. The molecule has 1 aromatic rings. The van der Waals surface area contributed by atoms with Crippen molar-refractivity contribution in [1.82, 2.24) is 4.90 Å². The summed E-state index contributed by atoms with van der Waals surface area (Å²) in [5.74, 6) is 0. The molecule has 0 saturated carbocycles. The Morgan fingerprint density at radius 1 is 1.26 bits per heavy atom. The molecule has 0 atom stereocenters. The lowest BCUT2D eigenvalue weighted by Crippen LogP contribution is -2.50. The molecule has 7 nitrogen and oxygen atoms in total. The summed E-state index contributed by atoms with van der Waals surface area (Å²) in [5, 5.41) is 11.3. The Kier molecular flexibility index (Phi) is 5.13. The quantitative estimate of drug-likeness (QED) is 0.575. The number of nitrogens with zero attached hydrogens (tertiary/aromatic N) is 3. The summed E-state index contributed by atoms with van der Waals surface area (Å²) < 4.78 is 5.81. The van der Waals surface area contributed by atoms with Gasteiger partial charge in [0, 0.05) is 26.2 Å². The monoisotopic (exact) mass is 385 g/mol. The highest BCUT2D eigenvalue weighted by Crippen LogP contribution is 2.35. The van der Waals surface area contributed by atoms with Gasteiger partial charge in [0.15, 0.2) is 0 Å². The van der Waals surface area contributed by atoms with E-state index in [0.29, 0.717) is 36.3 Å². The van der Waals surface area contributed by atoms with E-state index in [1.807, 2.05) is 25.7 Å². The van der Waals surface area contributed by atoms with Gasteiger partial charge >= 0.3 is 11.8 Å². The standard InChI is InChI=1S/C15H20BrN3O4/c1-15(2,3)23-14(20)18-9-7-17(8-10-18)12-6-4-5-11(16)13(12)19(21)22/h4-6H,7-10H2,1-3H3. The van der Waals surface area contributed by atoms with Crippen LogP contribution in [0.2, 0.25) is 0 Å². The number of nitro benzene ring substituents is 1. The van der Waals surface area contributed by atoms with Crippen molar-refractivity contribution in [2.24, 2.45) is 0 Å². The Balaban J connectivity index is 2.07. The maximum Gasteiger partial charge on any atom is 0.410 e. The molecule has 0 unspecified atom stereocenters. The van der Waals surface area contributed by atoms with Crippen molar-refractivity contribution in [2.45, 2.75) is 26.4 Å². The number of halogens is 1. The average Bonchev–Trinajstić information content (AvgIpc) is 2.45. The van der Waals surface area contributed by atoms with E-state index in [1.54, 1.807) is 23.1 Å². The molecule has 8 heteroatoms. The van der Waals surface area contributed by atoms with Gasteiger partial charge in [0.25, 0.3) is 0 Å². The number of para-hydroxylation sites is 1. The van der Waals surface area contributed by atoms with Crippen LogP contribution < -0.4 is 4.90 Å². The van der Waals surface area contributed by atoms with Crippen molar-refractivity contribution in [3.63, 3.8) is 0 Å². The molecule has 1 aliphatic heterocycles. The Bertz CT molecular complexity index is 607. The molecule has 0 spiro atoms. The Morgan fingerprint density at radius 2 is 1.87 bits per heavy atom. The molecule has 0 aromatic heterocycles. The number of amides is 1. The number of benzene rings is 1. The molecular weight excluding hydrogens is 366 g/mol. The first-order valence-electron chi connectivity index (χ1n) is 7.35. The van der Waals surface area contributed by atoms with E-state index in [-0.39, 0.29) is 16.7 Å². The van der Waals surface area contributed by atoms with Crippen molar-refractivity contribution in [2.75, 3.05) is 31.1 Å². The fourth-order valence-corrected chi connectivity index (χ4v) is 2.90. The maximum atomic E-state index is 12.1. The van der Waals surface area contributed by atoms with Crippen LogP contribution in [0, 0.1) is 10.1 Å². The van der Waals surface area contributed by atoms with Crippen molar-refractivity contribution in [1.29, 1.82) is 0 Å². The van der Waals surface area contributed by atoms with Crippen LogP contribution in [0.15, 0.2) is 22.7 Å². The lowest BCUT2D eigenvalue weighted by Gasteiger charge is -2.36. The van der Waals surface area contributed by atoms with Crippen molar-refractivity contribution in [3.05, 3.63) is 32.8 Å². The first-order valence-corrected chi connectivity index (χ1v) is 8.14. The lowest BCUT2D eigenvalue weighted by molar-refractivity contribution is -0.384. The highest BCUT2D eigenvalue weighted by Gasteiger charge is 2.29. The molecule has 0 aliphatic carbocycles. The number of rotatable bonds is 2. The third-order valence-corrected chi connectivity index (χ3v) is 4.06. The number of hydrogen-bond acceptors (Lipinski definition) is 5. The highest BCUT2D eigenvalue weighted by molar-refractivity contribution is 9.10. The van der Waals surface area contributed by atoms with Crippen molar-refractivity contribution in [3.8, 4) is 0 Å². The van der Waals surface area contributed by atoms with Gasteiger partial charge in [-0.1, -0.05) is 6.07 Å². The Hall–Kier alpha value is -1.83. The second kappa shape index (κ2) is 6.74. The maximum absolute atomic E-state index is 12.1. The number of anilines is 1. The molecule has 2 rings (SSSR count). The summed E-state index contributed by atoms with van der Waals surface area (Å²) >= 11 is 3.23. The van der Waals surface area contributed by atoms with Gasteiger partial charge in [-0.2, -0.15) is 0 Å². The van der Waals surface area contributed by atoms with Gasteiger partial charge in [0.05, 0.1) is 9.40 Å². The molecule has 0 radical (unpaired) electrons. The zero-order valence-corrected chi connectivity index (χ0v) is 15.0. The second-order valence-electron chi connectivity index (χ2n) is 6.32. The molecule has 126 valence electrons. The van der Waals surface area contributed by atoms with E-state index >= 15 is 0 Å². The molecule has 1 fully saturated rings. The van der Waals surface area contributed by atoms with Crippen LogP contribution in [-0.4, -0.2) is 47.7 Å². The number of ether oxygens (including phenoxy) is 1. The van der Waals surface area contributed by atoms with Gasteiger partial charge in [-0.3, -0.25) is 10.1 Å². The summed E-state index contributed by atoms with van der Waals surface area (Å²) in [6.45, 7) is 7.47.